The molecular weight excluding hydrogens is 280 g/mol. The molecule has 1 aliphatic rings. The Hall–Kier alpha value is -1.01. The Bertz CT molecular complexity index is 469. The fourth-order valence-corrected chi connectivity index (χ4v) is 2.72. The van der Waals surface area contributed by atoms with Crippen molar-refractivity contribution in [3.63, 3.8) is 0 Å². The molecule has 1 saturated heterocycles. The van der Waals surface area contributed by atoms with Crippen LogP contribution < -0.4 is 5.73 Å². The van der Waals surface area contributed by atoms with Gasteiger partial charge in [-0.1, -0.05) is 30.4 Å². The summed E-state index contributed by atoms with van der Waals surface area (Å²) < 4.78 is 0. The average molecular weight is 306 g/mol. The van der Waals surface area contributed by atoms with Crippen molar-refractivity contribution in [3.8, 4) is 0 Å². The summed E-state index contributed by atoms with van der Waals surface area (Å²) in [5.41, 5.74) is 7.91. The lowest BCUT2D eigenvalue weighted by atomic mass is 10.1. The van der Waals surface area contributed by atoms with Crippen LogP contribution in [0.15, 0.2) is 24.3 Å². The molecule has 1 aliphatic heterocycles. The molecule has 2 N–H and O–H groups in total. The van der Waals surface area contributed by atoms with Crippen molar-refractivity contribution in [1.82, 2.24) is 14.7 Å². The molecule has 21 heavy (non-hydrogen) atoms. The smallest absolute Gasteiger partial charge is 0.103 e. The first-order valence-corrected chi connectivity index (χ1v) is 7.93. The van der Waals surface area contributed by atoms with Crippen LogP contribution in [0.25, 0.3) is 0 Å². The summed E-state index contributed by atoms with van der Waals surface area (Å²) in [6.45, 7) is 7.88. The Morgan fingerprint density at radius 2 is 2.00 bits per heavy atom. The molecule has 0 aromatic heterocycles. The first-order valence-electron chi connectivity index (χ1n) is 7.53. The number of nitrogens with two attached hydrogens (primary N) is 1. The molecule has 5 heteroatoms. The molecule has 1 aromatic rings. The van der Waals surface area contributed by atoms with Gasteiger partial charge in [-0.2, -0.15) is 0 Å². The molecule has 0 radical (unpaired) electrons. The highest BCUT2D eigenvalue weighted by Crippen LogP contribution is 2.08. The Balaban J connectivity index is 1.77. The van der Waals surface area contributed by atoms with Gasteiger partial charge in [0.1, 0.15) is 4.99 Å². The van der Waals surface area contributed by atoms with Gasteiger partial charge >= 0.3 is 0 Å². The van der Waals surface area contributed by atoms with E-state index in [0.717, 1.165) is 25.2 Å². The summed E-state index contributed by atoms with van der Waals surface area (Å²) in [7, 11) is 4.36. The first kappa shape index (κ1) is 16.4. The topological polar surface area (TPSA) is 35.7 Å². The minimum absolute atomic E-state index is 0.469. The van der Waals surface area contributed by atoms with Gasteiger partial charge in [-0.15, -0.1) is 0 Å². The molecule has 0 atom stereocenters. The second-order valence-corrected chi connectivity index (χ2v) is 6.39. The van der Waals surface area contributed by atoms with E-state index < -0.39 is 0 Å². The van der Waals surface area contributed by atoms with Gasteiger partial charge in [-0.25, -0.2) is 0 Å². The van der Waals surface area contributed by atoms with Gasteiger partial charge in [0.25, 0.3) is 0 Å². The molecule has 116 valence electrons. The third kappa shape index (κ3) is 5.36. The highest BCUT2D eigenvalue weighted by Gasteiger charge is 2.13. The third-order valence-corrected chi connectivity index (χ3v) is 4.29. The van der Waals surface area contributed by atoms with Crippen LogP contribution in [0.1, 0.15) is 11.1 Å². The molecule has 0 unspecified atom stereocenters. The lowest BCUT2D eigenvalue weighted by Gasteiger charge is -2.33. The number of thiocarbonyl (C=S) groups is 1. The largest absolute Gasteiger partial charge is 0.389 e. The molecule has 0 amide bonds. The van der Waals surface area contributed by atoms with Gasteiger partial charge < -0.3 is 15.5 Å². The molecule has 0 spiro atoms. The van der Waals surface area contributed by atoms with Crippen LogP contribution in [0.4, 0.5) is 0 Å². The van der Waals surface area contributed by atoms with Crippen LogP contribution in [0, 0.1) is 0 Å². The summed E-state index contributed by atoms with van der Waals surface area (Å²) in [6, 6.07) is 8.22. The highest BCUT2D eigenvalue weighted by molar-refractivity contribution is 7.80. The van der Waals surface area contributed by atoms with Gasteiger partial charge in [0, 0.05) is 51.4 Å². The van der Waals surface area contributed by atoms with Gasteiger partial charge in [-0.3, -0.25) is 4.90 Å². The van der Waals surface area contributed by atoms with E-state index in [0.29, 0.717) is 4.99 Å². The molecular formula is C16H26N4S. The second kappa shape index (κ2) is 7.84. The van der Waals surface area contributed by atoms with Crippen LogP contribution in [0.2, 0.25) is 0 Å². The minimum atomic E-state index is 0.469. The maximum atomic E-state index is 5.69. The second-order valence-electron chi connectivity index (χ2n) is 5.95. The van der Waals surface area contributed by atoms with E-state index in [1.165, 1.54) is 31.7 Å². The fourth-order valence-electron chi connectivity index (χ4n) is 2.60. The molecule has 4 nitrogen and oxygen atoms in total. The molecule has 2 rings (SSSR count). The maximum absolute atomic E-state index is 5.69. The number of benzene rings is 1. The predicted molar refractivity (Wildman–Crippen MR) is 92.6 cm³/mol. The van der Waals surface area contributed by atoms with Crippen LogP contribution in [-0.4, -0.2) is 73.1 Å². The highest BCUT2D eigenvalue weighted by atomic mass is 32.1. The van der Waals surface area contributed by atoms with E-state index in [-0.39, 0.29) is 0 Å². The van der Waals surface area contributed by atoms with Crippen LogP contribution in [0.3, 0.4) is 0 Å². The van der Waals surface area contributed by atoms with Crippen molar-refractivity contribution in [2.75, 3.05) is 53.4 Å². The summed E-state index contributed by atoms with van der Waals surface area (Å²) in [6.07, 6.45) is 0. The Morgan fingerprint density at radius 1 is 1.29 bits per heavy atom. The zero-order valence-corrected chi connectivity index (χ0v) is 13.9. The summed E-state index contributed by atoms with van der Waals surface area (Å²) in [5.74, 6) is 0. The lowest BCUT2D eigenvalue weighted by molar-refractivity contribution is 0.139. The molecule has 0 aliphatic carbocycles. The fraction of sp³-hybridized carbons (Fsp3) is 0.562. The van der Waals surface area contributed by atoms with E-state index in [1.54, 1.807) is 0 Å². The standard InChI is InChI=1S/C16H26N4S/c1-18-6-9-20(10-7-18)11-8-19(2)13-14-4-3-5-15(12-14)16(17)21/h3-5,12H,6-11,13H2,1-2H3,(H2,17,21). The van der Waals surface area contributed by atoms with Gasteiger partial charge in [0.2, 0.25) is 0 Å². The molecule has 1 aromatic carbocycles. The summed E-state index contributed by atoms with van der Waals surface area (Å²) in [4.78, 5) is 7.76. The number of nitrogens with zero attached hydrogens (tertiary/aromatic N) is 3. The van der Waals surface area contributed by atoms with E-state index >= 15 is 0 Å². The molecule has 1 fully saturated rings. The SMILES string of the molecule is CN1CCN(CCN(C)Cc2cccc(C(N)=S)c2)CC1. The molecule has 0 saturated carbocycles. The van der Waals surface area contributed by atoms with Crippen LogP contribution in [0.5, 0.6) is 0 Å². The number of hydrogen-bond acceptors (Lipinski definition) is 4. The maximum Gasteiger partial charge on any atom is 0.103 e. The van der Waals surface area contributed by atoms with Gasteiger partial charge in [0.05, 0.1) is 0 Å². The summed E-state index contributed by atoms with van der Waals surface area (Å²) >= 11 is 5.03. The van der Waals surface area contributed by atoms with Gasteiger partial charge in [0.15, 0.2) is 0 Å². The predicted octanol–water partition coefficient (Wildman–Crippen LogP) is 1.00. The van der Waals surface area contributed by atoms with Crippen molar-refractivity contribution >= 4 is 17.2 Å². The van der Waals surface area contributed by atoms with Crippen molar-refractivity contribution in [2.24, 2.45) is 5.73 Å². The average Bonchev–Trinajstić information content (AvgIpc) is 2.47. The van der Waals surface area contributed by atoms with Crippen molar-refractivity contribution in [3.05, 3.63) is 35.4 Å². The Labute approximate surface area is 133 Å². The van der Waals surface area contributed by atoms with E-state index in [9.17, 15) is 0 Å². The minimum Gasteiger partial charge on any atom is -0.389 e. The monoisotopic (exact) mass is 306 g/mol. The normalized spacial score (nSPS) is 17.3. The van der Waals surface area contributed by atoms with Crippen molar-refractivity contribution < 1.29 is 0 Å². The zero-order chi connectivity index (χ0) is 15.2. The third-order valence-electron chi connectivity index (χ3n) is 4.06. The van der Waals surface area contributed by atoms with E-state index in [1.807, 2.05) is 12.1 Å². The molecule has 0 bridgehead atoms. The number of piperazine rings is 1. The summed E-state index contributed by atoms with van der Waals surface area (Å²) in [5, 5.41) is 0. The van der Waals surface area contributed by atoms with Crippen LogP contribution >= 0.6 is 12.2 Å². The number of rotatable bonds is 6. The van der Waals surface area contributed by atoms with E-state index in [2.05, 4.69) is 40.9 Å². The van der Waals surface area contributed by atoms with Crippen molar-refractivity contribution in [2.45, 2.75) is 6.54 Å². The number of likely N-dealkylation sites (N-methyl/N-ethyl adjacent to an activating group) is 2. The van der Waals surface area contributed by atoms with Crippen molar-refractivity contribution in [1.29, 1.82) is 0 Å². The van der Waals surface area contributed by atoms with Crippen LogP contribution in [-0.2, 0) is 6.54 Å². The Kier molecular flexibility index (Phi) is 6.11. The Morgan fingerprint density at radius 3 is 2.67 bits per heavy atom. The number of hydrogen-bond donors (Lipinski definition) is 1. The lowest BCUT2D eigenvalue weighted by Crippen LogP contribution is -2.46. The van der Waals surface area contributed by atoms with E-state index in [4.69, 9.17) is 18.0 Å². The zero-order valence-electron chi connectivity index (χ0n) is 13.1. The van der Waals surface area contributed by atoms with Gasteiger partial charge in [-0.05, 0) is 25.7 Å². The first-order chi connectivity index (χ1) is 10.0. The molecule has 1 heterocycles. The quantitative estimate of drug-likeness (QED) is 0.794.